The molecule has 0 aromatic heterocycles. The van der Waals surface area contributed by atoms with Crippen molar-refractivity contribution in [1.29, 1.82) is 0 Å². The first-order valence-corrected chi connectivity index (χ1v) is 10.2. The first-order valence-electron chi connectivity index (χ1n) is 10.2. The molecule has 0 spiro atoms. The molecular formula is C24H27NO6. The normalized spacial score (nSPS) is 16.1. The number of benzene rings is 2. The molecule has 2 aromatic rings. The van der Waals surface area contributed by atoms with E-state index in [9.17, 15) is 14.7 Å². The number of hydrogen-bond donors (Lipinski definition) is 2. The highest BCUT2D eigenvalue weighted by atomic mass is 16.5. The lowest BCUT2D eigenvalue weighted by atomic mass is 9.92. The van der Waals surface area contributed by atoms with Crippen LogP contribution < -0.4 is 4.74 Å². The summed E-state index contributed by atoms with van der Waals surface area (Å²) in [6, 6.07) is 15.9. The first kappa shape index (κ1) is 22.5. The zero-order valence-electron chi connectivity index (χ0n) is 17.5. The van der Waals surface area contributed by atoms with Crippen molar-refractivity contribution in [2.75, 3.05) is 33.5 Å². The molecule has 0 saturated heterocycles. The fourth-order valence-electron chi connectivity index (χ4n) is 3.75. The number of ketones is 1. The topological polar surface area (TPSA) is 96.3 Å². The minimum Gasteiger partial charge on any atom is -0.503 e. The lowest BCUT2D eigenvalue weighted by molar-refractivity contribution is -0.130. The van der Waals surface area contributed by atoms with Crippen LogP contribution >= 0.6 is 0 Å². The van der Waals surface area contributed by atoms with Gasteiger partial charge in [-0.15, -0.1) is 0 Å². The third-order valence-electron chi connectivity index (χ3n) is 5.23. The number of para-hydroxylation sites is 1. The number of hydrogen-bond acceptors (Lipinski definition) is 6. The van der Waals surface area contributed by atoms with Gasteiger partial charge in [0, 0.05) is 18.5 Å². The maximum atomic E-state index is 13.2. The molecule has 2 N–H and O–H groups in total. The Hall–Kier alpha value is -3.16. The summed E-state index contributed by atoms with van der Waals surface area (Å²) >= 11 is 0. The molecular weight excluding hydrogens is 398 g/mol. The maximum absolute atomic E-state index is 13.2. The number of aliphatic hydroxyl groups excluding tert-OH is 2. The third kappa shape index (κ3) is 5.13. The summed E-state index contributed by atoms with van der Waals surface area (Å²) in [7, 11) is 1.52. The molecule has 0 saturated carbocycles. The number of carbonyl (C=O) groups is 2. The lowest BCUT2D eigenvalue weighted by Gasteiger charge is -2.28. The Morgan fingerprint density at radius 3 is 2.48 bits per heavy atom. The van der Waals surface area contributed by atoms with Crippen LogP contribution in [-0.4, -0.2) is 60.3 Å². The van der Waals surface area contributed by atoms with Crippen molar-refractivity contribution in [2.24, 2.45) is 0 Å². The van der Waals surface area contributed by atoms with E-state index in [0.29, 0.717) is 17.7 Å². The molecule has 0 fully saturated rings. The summed E-state index contributed by atoms with van der Waals surface area (Å²) in [5, 5.41) is 19.5. The van der Waals surface area contributed by atoms with Crippen molar-refractivity contribution in [3.8, 4) is 5.75 Å². The molecule has 31 heavy (non-hydrogen) atoms. The van der Waals surface area contributed by atoms with Gasteiger partial charge >= 0.3 is 0 Å². The van der Waals surface area contributed by atoms with Crippen LogP contribution in [0, 0.1) is 0 Å². The van der Waals surface area contributed by atoms with E-state index in [1.165, 1.54) is 12.0 Å². The van der Waals surface area contributed by atoms with Crippen LogP contribution in [0.4, 0.5) is 0 Å². The fraction of sp³-hybridized carbons (Fsp3) is 0.333. The largest absolute Gasteiger partial charge is 0.503 e. The Labute approximate surface area is 181 Å². The van der Waals surface area contributed by atoms with E-state index in [1.807, 2.05) is 30.3 Å². The molecule has 2 aromatic carbocycles. The van der Waals surface area contributed by atoms with Crippen molar-refractivity contribution in [3.05, 3.63) is 77.1 Å². The van der Waals surface area contributed by atoms with Crippen LogP contribution in [0.25, 0.3) is 0 Å². The minimum absolute atomic E-state index is 0.0765. The third-order valence-corrected chi connectivity index (χ3v) is 5.23. The molecule has 7 heteroatoms. The van der Waals surface area contributed by atoms with E-state index in [1.54, 1.807) is 24.3 Å². The Bertz CT molecular complexity index is 940. The zero-order valence-corrected chi connectivity index (χ0v) is 17.5. The van der Waals surface area contributed by atoms with Crippen LogP contribution in [0.1, 0.15) is 23.6 Å². The molecule has 0 radical (unpaired) electrons. The van der Waals surface area contributed by atoms with Gasteiger partial charge in [0.15, 0.2) is 11.5 Å². The van der Waals surface area contributed by atoms with Gasteiger partial charge < -0.3 is 24.6 Å². The van der Waals surface area contributed by atoms with Crippen molar-refractivity contribution >= 4 is 11.7 Å². The van der Waals surface area contributed by atoms with Gasteiger partial charge in [0.25, 0.3) is 5.91 Å². The number of carbonyl (C=O) groups excluding carboxylic acids is 2. The summed E-state index contributed by atoms with van der Waals surface area (Å²) in [4.78, 5) is 27.5. The Morgan fingerprint density at radius 2 is 1.77 bits per heavy atom. The number of aliphatic hydroxyl groups is 2. The van der Waals surface area contributed by atoms with Crippen molar-refractivity contribution in [1.82, 2.24) is 4.90 Å². The van der Waals surface area contributed by atoms with Gasteiger partial charge in [-0.1, -0.05) is 48.5 Å². The van der Waals surface area contributed by atoms with E-state index in [0.717, 1.165) is 5.56 Å². The summed E-state index contributed by atoms with van der Waals surface area (Å²) in [6.07, 6.45) is 0.667. The highest BCUT2D eigenvalue weighted by molar-refractivity contribution is 6.09. The Balaban J connectivity index is 1.90. The maximum Gasteiger partial charge on any atom is 0.290 e. The summed E-state index contributed by atoms with van der Waals surface area (Å²) < 4.78 is 10.8. The molecule has 7 nitrogen and oxygen atoms in total. The van der Waals surface area contributed by atoms with E-state index < -0.39 is 17.7 Å². The number of ether oxygens (including phenoxy) is 2. The monoisotopic (exact) mass is 425 g/mol. The van der Waals surface area contributed by atoms with Crippen LogP contribution in [0.15, 0.2) is 65.9 Å². The van der Waals surface area contributed by atoms with Crippen LogP contribution in [0.3, 0.4) is 0 Å². The van der Waals surface area contributed by atoms with Gasteiger partial charge in [0.1, 0.15) is 5.75 Å². The second-order valence-electron chi connectivity index (χ2n) is 7.15. The Morgan fingerprint density at radius 1 is 1.06 bits per heavy atom. The van der Waals surface area contributed by atoms with E-state index in [2.05, 4.69) is 0 Å². The van der Waals surface area contributed by atoms with Crippen molar-refractivity contribution in [3.63, 3.8) is 0 Å². The molecule has 0 aliphatic carbocycles. The molecule has 1 aliphatic heterocycles. The molecule has 1 amide bonds. The summed E-state index contributed by atoms with van der Waals surface area (Å²) in [6.45, 7) is 0.331. The number of rotatable bonds is 11. The molecule has 1 unspecified atom stereocenters. The highest BCUT2D eigenvalue weighted by Gasteiger charge is 2.44. The average molecular weight is 425 g/mol. The van der Waals surface area contributed by atoms with Gasteiger partial charge in [0.05, 0.1) is 38.5 Å². The predicted molar refractivity (Wildman–Crippen MR) is 115 cm³/mol. The summed E-state index contributed by atoms with van der Waals surface area (Å²) in [5.41, 5.74) is 1.70. The van der Waals surface area contributed by atoms with Crippen LogP contribution in [-0.2, 0) is 20.7 Å². The second kappa shape index (κ2) is 10.7. The molecule has 3 rings (SSSR count). The predicted octanol–water partition coefficient (Wildman–Crippen LogP) is 2.60. The zero-order chi connectivity index (χ0) is 22.2. The van der Waals surface area contributed by atoms with Crippen LogP contribution in [0.5, 0.6) is 5.75 Å². The standard InChI is InChI=1S/C24H27NO6/c1-30-20-10-6-5-9-18(20)22-21(19(27)12-11-17-7-3-2-4-8-17)23(28)24(29)25(22)13-15-31-16-14-26/h2-10,22,26,28H,11-16H2,1H3. The van der Waals surface area contributed by atoms with Gasteiger partial charge in [-0.3, -0.25) is 9.59 Å². The molecule has 1 heterocycles. The lowest BCUT2D eigenvalue weighted by Crippen LogP contribution is -2.34. The number of nitrogens with zero attached hydrogens (tertiary/aromatic N) is 1. The molecule has 1 aliphatic rings. The van der Waals surface area contributed by atoms with Gasteiger partial charge in [-0.2, -0.15) is 0 Å². The average Bonchev–Trinajstić information content (AvgIpc) is 3.05. The smallest absolute Gasteiger partial charge is 0.290 e. The number of methoxy groups -OCH3 is 1. The van der Waals surface area contributed by atoms with E-state index >= 15 is 0 Å². The van der Waals surface area contributed by atoms with Crippen molar-refractivity contribution in [2.45, 2.75) is 18.9 Å². The van der Waals surface area contributed by atoms with E-state index in [-0.39, 0.29) is 44.1 Å². The van der Waals surface area contributed by atoms with Gasteiger partial charge in [0.2, 0.25) is 0 Å². The van der Waals surface area contributed by atoms with E-state index in [4.69, 9.17) is 14.6 Å². The molecule has 164 valence electrons. The summed E-state index contributed by atoms with van der Waals surface area (Å²) in [5.74, 6) is -0.920. The number of aryl methyl sites for hydroxylation is 1. The quantitative estimate of drug-likeness (QED) is 0.537. The van der Waals surface area contributed by atoms with Gasteiger partial charge in [-0.05, 0) is 18.1 Å². The number of amides is 1. The second-order valence-corrected chi connectivity index (χ2v) is 7.15. The van der Waals surface area contributed by atoms with Gasteiger partial charge in [-0.25, -0.2) is 0 Å². The number of Topliss-reactive ketones (excluding diaryl/α,β-unsaturated/α-hetero) is 1. The highest BCUT2D eigenvalue weighted by Crippen LogP contribution is 2.41. The fourth-order valence-corrected chi connectivity index (χ4v) is 3.75. The van der Waals surface area contributed by atoms with Crippen LogP contribution in [0.2, 0.25) is 0 Å². The van der Waals surface area contributed by atoms with Crippen molar-refractivity contribution < 1.29 is 29.3 Å². The Kier molecular flexibility index (Phi) is 7.81. The SMILES string of the molecule is COc1ccccc1C1C(C(=O)CCc2ccccc2)=C(O)C(=O)N1CCOCCO. The molecule has 1 atom stereocenters. The minimum atomic E-state index is -0.773. The first-order chi connectivity index (χ1) is 15.1. The molecule has 0 bridgehead atoms.